The van der Waals surface area contributed by atoms with E-state index in [0.29, 0.717) is 23.7 Å². The zero-order valence-corrected chi connectivity index (χ0v) is 12.3. The molecule has 2 amide bonds. The number of aliphatic hydroxyl groups is 1. The van der Waals surface area contributed by atoms with Crippen molar-refractivity contribution in [3.8, 4) is 0 Å². The average molecular weight is 299 g/mol. The third kappa shape index (κ3) is 5.19. The highest BCUT2D eigenvalue weighted by Gasteiger charge is 2.15. The highest BCUT2D eigenvalue weighted by molar-refractivity contribution is 6.40. The van der Waals surface area contributed by atoms with Crippen LogP contribution in [0.5, 0.6) is 0 Å². The lowest BCUT2D eigenvalue weighted by atomic mass is 10.1. The van der Waals surface area contributed by atoms with Crippen molar-refractivity contribution in [2.24, 2.45) is 5.92 Å². The predicted molar refractivity (Wildman–Crippen MR) is 78.7 cm³/mol. The summed E-state index contributed by atoms with van der Waals surface area (Å²) in [5.74, 6) is -1.31. The topological polar surface area (TPSA) is 78.4 Å². The Balaban J connectivity index is 2.53. The smallest absolute Gasteiger partial charge is 0.313 e. The van der Waals surface area contributed by atoms with Crippen LogP contribution in [-0.2, 0) is 9.59 Å². The fourth-order valence-electron chi connectivity index (χ4n) is 1.58. The van der Waals surface area contributed by atoms with Crippen molar-refractivity contribution >= 4 is 29.1 Å². The Morgan fingerprint density at radius 2 is 2.05 bits per heavy atom. The van der Waals surface area contributed by atoms with Crippen LogP contribution in [-0.4, -0.2) is 30.1 Å². The molecular formula is C14H19ClN2O3. The molecule has 0 aliphatic rings. The molecule has 1 unspecified atom stereocenters. The molecule has 0 heterocycles. The molecule has 0 spiro atoms. The Labute approximate surface area is 123 Å². The van der Waals surface area contributed by atoms with Gasteiger partial charge in [-0.05, 0) is 37.0 Å². The minimum absolute atomic E-state index is 0.0605. The summed E-state index contributed by atoms with van der Waals surface area (Å²) in [7, 11) is 0. The van der Waals surface area contributed by atoms with Crippen LogP contribution >= 0.6 is 11.6 Å². The van der Waals surface area contributed by atoms with Crippen molar-refractivity contribution in [3.63, 3.8) is 0 Å². The summed E-state index contributed by atoms with van der Waals surface area (Å²) in [4.78, 5) is 23.4. The van der Waals surface area contributed by atoms with Crippen molar-refractivity contribution in [2.45, 2.75) is 20.3 Å². The molecule has 1 aromatic rings. The number of benzene rings is 1. The number of hydrogen-bond acceptors (Lipinski definition) is 3. The first-order valence-electron chi connectivity index (χ1n) is 6.40. The van der Waals surface area contributed by atoms with Crippen LogP contribution < -0.4 is 10.6 Å². The second kappa shape index (κ2) is 7.87. The van der Waals surface area contributed by atoms with Crippen molar-refractivity contribution in [3.05, 3.63) is 28.8 Å². The molecule has 0 radical (unpaired) electrons. The lowest BCUT2D eigenvalue weighted by Crippen LogP contribution is -2.37. The average Bonchev–Trinajstić information content (AvgIpc) is 2.40. The zero-order valence-electron chi connectivity index (χ0n) is 11.6. The molecule has 20 heavy (non-hydrogen) atoms. The minimum Gasteiger partial charge on any atom is -0.396 e. The molecule has 110 valence electrons. The van der Waals surface area contributed by atoms with Crippen molar-refractivity contribution in [1.29, 1.82) is 0 Å². The van der Waals surface area contributed by atoms with Crippen LogP contribution in [0.25, 0.3) is 0 Å². The second-order valence-corrected chi connectivity index (χ2v) is 5.18. The Kier molecular flexibility index (Phi) is 6.48. The molecule has 0 aliphatic carbocycles. The molecule has 3 N–H and O–H groups in total. The van der Waals surface area contributed by atoms with Gasteiger partial charge in [-0.15, -0.1) is 0 Å². The number of amides is 2. The van der Waals surface area contributed by atoms with Crippen molar-refractivity contribution in [1.82, 2.24) is 5.32 Å². The Bertz CT molecular complexity index is 491. The number of anilines is 1. The molecule has 5 nitrogen and oxygen atoms in total. The fraction of sp³-hybridized carbons (Fsp3) is 0.429. The number of halogens is 1. The van der Waals surface area contributed by atoms with E-state index in [2.05, 4.69) is 10.6 Å². The van der Waals surface area contributed by atoms with Gasteiger partial charge in [0.25, 0.3) is 0 Å². The van der Waals surface area contributed by atoms with Crippen molar-refractivity contribution in [2.75, 3.05) is 18.5 Å². The molecule has 0 saturated heterocycles. The van der Waals surface area contributed by atoms with Crippen LogP contribution in [0.1, 0.15) is 18.9 Å². The molecule has 0 bridgehead atoms. The van der Waals surface area contributed by atoms with Gasteiger partial charge < -0.3 is 15.7 Å². The lowest BCUT2D eigenvalue weighted by Gasteiger charge is -2.12. The summed E-state index contributed by atoms with van der Waals surface area (Å²) >= 11 is 5.84. The van der Waals surface area contributed by atoms with Crippen LogP contribution in [0.4, 0.5) is 5.69 Å². The Hall–Kier alpha value is -1.59. The van der Waals surface area contributed by atoms with E-state index >= 15 is 0 Å². The number of hydrogen-bond donors (Lipinski definition) is 3. The highest BCUT2D eigenvalue weighted by Crippen LogP contribution is 2.19. The van der Waals surface area contributed by atoms with Crippen LogP contribution in [0.2, 0.25) is 5.02 Å². The lowest BCUT2D eigenvalue weighted by molar-refractivity contribution is -0.136. The first-order chi connectivity index (χ1) is 9.43. The van der Waals surface area contributed by atoms with Gasteiger partial charge in [-0.25, -0.2) is 0 Å². The first kappa shape index (κ1) is 16.5. The van der Waals surface area contributed by atoms with Crippen LogP contribution in [0.15, 0.2) is 18.2 Å². The third-order valence-electron chi connectivity index (χ3n) is 2.89. The van der Waals surface area contributed by atoms with E-state index in [0.717, 1.165) is 5.56 Å². The minimum atomic E-state index is -0.730. The molecule has 6 heteroatoms. The van der Waals surface area contributed by atoms with E-state index in [1.165, 1.54) is 0 Å². The Morgan fingerprint density at radius 3 is 2.70 bits per heavy atom. The number of aryl methyl sites for hydroxylation is 1. The highest BCUT2D eigenvalue weighted by atomic mass is 35.5. The first-order valence-corrected chi connectivity index (χ1v) is 6.78. The maximum absolute atomic E-state index is 11.7. The summed E-state index contributed by atoms with van der Waals surface area (Å²) in [6.45, 7) is 4.11. The zero-order chi connectivity index (χ0) is 15.1. The number of carbonyl (C=O) groups is 2. The van der Waals surface area contributed by atoms with Gasteiger partial charge in [0.05, 0.1) is 0 Å². The quantitative estimate of drug-likeness (QED) is 0.724. The molecular weight excluding hydrogens is 280 g/mol. The molecule has 0 aromatic heterocycles. The van der Waals surface area contributed by atoms with E-state index in [9.17, 15) is 9.59 Å². The predicted octanol–water partition coefficient (Wildman–Crippen LogP) is 1.72. The summed E-state index contributed by atoms with van der Waals surface area (Å²) < 4.78 is 0. The van der Waals surface area contributed by atoms with Gasteiger partial charge in [0, 0.05) is 23.9 Å². The number of carbonyl (C=O) groups excluding carboxylic acids is 2. The van der Waals surface area contributed by atoms with Gasteiger partial charge >= 0.3 is 11.8 Å². The van der Waals surface area contributed by atoms with Gasteiger partial charge in [-0.1, -0.05) is 24.6 Å². The summed E-state index contributed by atoms with van der Waals surface area (Å²) in [6, 6.07) is 5.07. The van der Waals surface area contributed by atoms with Gasteiger partial charge in [-0.3, -0.25) is 9.59 Å². The maximum Gasteiger partial charge on any atom is 0.313 e. The fourth-order valence-corrected chi connectivity index (χ4v) is 1.75. The van der Waals surface area contributed by atoms with Crippen LogP contribution in [0.3, 0.4) is 0 Å². The van der Waals surface area contributed by atoms with Crippen LogP contribution in [0, 0.1) is 12.8 Å². The van der Waals surface area contributed by atoms with Gasteiger partial charge in [0.15, 0.2) is 0 Å². The van der Waals surface area contributed by atoms with E-state index in [1.54, 1.807) is 18.2 Å². The molecule has 0 saturated carbocycles. The second-order valence-electron chi connectivity index (χ2n) is 4.74. The molecule has 1 atom stereocenters. The summed E-state index contributed by atoms with van der Waals surface area (Å²) in [5, 5.41) is 14.3. The molecule has 0 fully saturated rings. The molecule has 1 rings (SSSR count). The Morgan fingerprint density at radius 1 is 1.35 bits per heavy atom. The normalized spacial score (nSPS) is 11.8. The monoisotopic (exact) mass is 298 g/mol. The van der Waals surface area contributed by atoms with E-state index in [4.69, 9.17) is 16.7 Å². The number of nitrogens with one attached hydrogen (secondary N) is 2. The van der Waals surface area contributed by atoms with Crippen molar-refractivity contribution < 1.29 is 14.7 Å². The summed E-state index contributed by atoms with van der Waals surface area (Å²) in [5.41, 5.74) is 1.34. The largest absolute Gasteiger partial charge is 0.396 e. The standard InChI is InChI=1S/C14H19ClN2O3/c1-9(5-6-18)8-16-13(19)14(20)17-12-7-11(15)4-3-10(12)2/h3-4,7,9,18H,5-6,8H2,1-2H3,(H,16,19)(H,17,20). The van der Waals surface area contributed by atoms with Gasteiger partial charge in [0.2, 0.25) is 0 Å². The SMILES string of the molecule is Cc1ccc(Cl)cc1NC(=O)C(=O)NCC(C)CCO. The molecule has 1 aromatic carbocycles. The maximum atomic E-state index is 11.7. The summed E-state index contributed by atoms with van der Waals surface area (Å²) in [6.07, 6.45) is 0.579. The van der Waals surface area contributed by atoms with E-state index in [1.807, 2.05) is 13.8 Å². The third-order valence-corrected chi connectivity index (χ3v) is 3.12. The number of rotatable bonds is 5. The van der Waals surface area contributed by atoms with Gasteiger partial charge in [0.1, 0.15) is 0 Å². The molecule has 0 aliphatic heterocycles. The van der Waals surface area contributed by atoms with E-state index in [-0.39, 0.29) is 12.5 Å². The van der Waals surface area contributed by atoms with E-state index < -0.39 is 11.8 Å². The van der Waals surface area contributed by atoms with Gasteiger partial charge in [-0.2, -0.15) is 0 Å². The number of aliphatic hydroxyl groups excluding tert-OH is 1.